The van der Waals surface area contributed by atoms with Gasteiger partial charge in [0.2, 0.25) is 5.91 Å². The molecule has 0 saturated heterocycles. The summed E-state index contributed by atoms with van der Waals surface area (Å²) in [6.07, 6.45) is 5.25. The molecule has 2 atom stereocenters. The minimum absolute atomic E-state index is 0.0187. The Bertz CT molecular complexity index is 1330. The van der Waals surface area contributed by atoms with Crippen molar-refractivity contribution in [1.29, 1.82) is 0 Å². The number of aromatic nitrogens is 1. The summed E-state index contributed by atoms with van der Waals surface area (Å²) in [4.78, 5) is 41.6. The van der Waals surface area contributed by atoms with E-state index in [-0.39, 0.29) is 29.1 Å². The zero-order chi connectivity index (χ0) is 28.3. The lowest BCUT2D eigenvalue weighted by atomic mass is 9.75. The molecule has 210 valence electrons. The van der Waals surface area contributed by atoms with Gasteiger partial charge in [-0.2, -0.15) is 0 Å². The lowest BCUT2D eigenvalue weighted by Crippen LogP contribution is -2.55. The monoisotopic (exact) mass is 533 g/mol. The van der Waals surface area contributed by atoms with E-state index in [0.717, 1.165) is 47.5 Å². The molecule has 2 heterocycles. The maximum absolute atomic E-state index is 13.9. The molecule has 5 N–H and O–H groups in total. The number of hydrogen-bond donors (Lipinski definition) is 3. The number of ketones is 1. The van der Waals surface area contributed by atoms with Gasteiger partial charge in [0, 0.05) is 60.3 Å². The lowest BCUT2D eigenvalue weighted by molar-refractivity contribution is -0.137. The largest absolute Gasteiger partial charge is 0.382 e. The summed E-state index contributed by atoms with van der Waals surface area (Å²) in [6.45, 7) is 11.6. The number of anilines is 1. The summed E-state index contributed by atoms with van der Waals surface area (Å²) in [5.74, 6) is -0.227. The topological polar surface area (TPSA) is 123 Å². The van der Waals surface area contributed by atoms with Crippen molar-refractivity contribution >= 4 is 23.3 Å². The molecule has 1 saturated carbocycles. The first-order valence-electron chi connectivity index (χ1n) is 14.4. The molecule has 5 rings (SSSR count). The molecule has 0 spiro atoms. The van der Waals surface area contributed by atoms with Gasteiger partial charge >= 0.3 is 0 Å². The molecule has 2 bridgehead atoms. The highest BCUT2D eigenvalue weighted by molar-refractivity contribution is 6.01. The second kappa shape index (κ2) is 9.81. The molecule has 1 fully saturated rings. The van der Waals surface area contributed by atoms with Crippen molar-refractivity contribution < 1.29 is 14.4 Å². The number of benzene rings is 1. The number of nitrogens with zero attached hydrogens (tertiary/aromatic N) is 2. The van der Waals surface area contributed by atoms with E-state index in [0.29, 0.717) is 50.0 Å². The minimum Gasteiger partial charge on any atom is -0.382 e. The Labute approximate surface area is 231 Å². The van der Waals surface area contributed by atoms with Gasteiger partial charge in [0.05, 0.1) is 11.1 Å². The molecule has 8 nitrogen and oxygen atoms in total. The number of amides is 2. The fraction of sp³-hybridized carbons (Fsp3) is 0.581. The smallest absolute Gasteiger partial charge is 0.250 e. The third-order valence-corrected chi connectivity index (χ3v) is 9.30. The third kappa shape index (κ3) is 4.88. The maximum atomic E-state index is 13.9. The molecule has 1 aliphatic heterocycles. The SMILES string of the molecule is Cc1c2c(n3c1CCN(C(=O)C1(N)CCCC1)C[C@@H](C)[C@H](C)Nc1cc-3ccc1C(N)=O)CC(C)(C)CC2=O. The van der Waals surface area contributed by atoms with Crippen molar-refractivity contribution in [2.24, 2.45) is 22.8 Å². The van der Waals surface area contributed by atoms with Crippen molar-refractivity contribution in [2.45, 2.75) is 91.1 Å². The molecule has 2 amide bonds. The fourth-order valence-electron chi connectivity index (χ4n) is 6.94. The lowest BCUT2D eigenvalue weighted by Gasteiger charge is -2.36. The van der Waals surface area contributed by atoms with Crippen LogP contribution >= 0.6 is 0 Å². The molecule has 3 aliphatic rings. The highest BCUT2D eigenvalue weighted by atomic mass is 16.2. The number of fused-ring (bicyclic) bond motifs is 6. The van der Waals surface area contributed by atoms with Gasteiger partial charge in [-0.1, -0.05) is 33.6 Å². The predicted molar refractivity (Wildman–Crippen MR) is 153 cm³/mol. The van der Waals surface area contributed by atoms with Crippen LogP contribution in [0.4, 0.5) is 5.69 Å². The van der Waals surface area contributed by atoms with E-state index < -0.39 is 11.4 Å². The summed E-state index contributed by atoms with van der Waals surface area (Å²) < 4.78 is 2.20. The van der Waals surface area contributed by atoms with Crippen LogP contribution in [-0.2, 0) is 17.6 Å². The second-order valence-electron chi connectivity index (χ2n) is 13.0. The first-order valence-corrected chi connectivity index (χ1v) is 14.4. The van der Waals surface area contributed by atoms with E-state index in [1.54, 1.807) is 6.07 Å². The van der Waals surface area contributed by atoms with E-state index in [1.165, 1.54) is 0 Å². The van der Waals surface area contributed by atoms with Crippen LogP contribution in [0.5, 0.6) is 0 Å². The van der Waals surface area contributed by atoms with Gasteiger partial charge < -0.3 is 26.3 Å². The Hall–Kier alpha value is -3.13. The molecule has 1 aromatic carbocycles. The average molecular weight is 534 g/mol. The van der Waals surface area contributed by atoms with E-state index in [1.807, 2.05) is 24.0 Å². The summed E-state index contributed by atoms with van der Waals surface area (Å²) >= 11 is 0. The van der Waals surface area contributed by atoms with Gasteiger partial charge in [-0.05, 0) is 68.2 Å². The van der Waals surface area contributed by atoms with E-state index in [2.05, 4.69) is 37.6 Å². The molecule has 2 aromatic rings. The molecule has 39 heavy (non-hydrogen) atoms. The van der Waals surface area contributed by atoms with Crippen LogP contribution in [-0.4, -0.2) is 51.7 Å². The van der Waals surface area contributed by atoms with Crippen molar-refractivity contribution in [1.82, 2.24) is 9.47 Å². The molecular formula is C31H43N5O3. The van der Waals surface area contributed by atoms with E-state index in [9.17, 15) is 14.4 Å². The Morgan fingerprint density at radius 3 is 2.44 bits per heavy atom. The number of carbonyl (C=O) groups excluding carboxylic acids is 3. The van der Waals surface area contributed by atoms with Crippen molar-refractivity contribution in [3.8, 4) is 5.69 Å². The van der Waals surface area contributed by atoms with Gasteiger partial charge in [0.1, 0.15) is 0 Å². The zero-order valence-corrected chi connectivity index (χ0v) is 24.0. The highest BCUT2D eigenvalue weighted by Gasteiger charge is 2.41. The van der Waals surface area contributed by atoms with Crippen LogP contribution in [0.3, 0.4) is 0 Å². The number of rotatable bonds is 2. The van der Waals surface area contributed by atoms with Crippen LogP contribution in [0.1, 0.15) is 97.5 Å². The first-order chi connectivity index (χ1) is 18.3. The number of primary amides is 1. The average Bonchev–Trinajstić information content (AvgIpc) is 3.41. The van der Waals surface area contributed by atoms with Gasteiger partial charge in [-0.15, -0.1) is 0 Å². The zero-order valence-electron chi connectivity index (χ0n) is 24.0. The standard InChI is InChI=1S/C31H43N5O3/c1-18-17-35(29(39)31(33)11-6-7-12-31)13-10-24-19(2)27-25(15-30(4,5)16-26(27)37)36(24)21-8-9-22(28(32)38)23(14-21)34-20(18)3/h8-9,14,18,20,34H,6-7,10-13,15-17,33H2,1-5H3,(H2,32,38)/t18-,20+/m1/s1. The molecule has 0 radical (unpaired) electrons. The normalized spacial score (nSPS) is 24.2. The fourth-order valence-corrected chi connectivity index (χ4v) is 6.94. The Morgan fingerprint density at radius 2 is 1.77 bits per heavy atom. The van der Waals surface area contributed by atoms with Crippen molar-refractivity contribution in [2.75, 3.05) is 18.4 Å². The predicted octanol–water partition coefficient (Wildman–Crippen LogP) is 4.13. The van der Waals surface area contributed by atoms with Gasteiger partial charge in [-0.25, -0.2) is 0 Å². The molecule has 2 aliphatic carbocycles. The summed E-state index contributed by atoms with van der Waals surface area (Å²) in [5.41, 5.74) is 17.3. The van der Waals surface area contributed by atoms with Gasteiger partial charge in [-0.3, -0.25) is 14.4 Å². The van der Waals surface area contributed by atoms with Crippen LogP contribution in [0.2, 0.25) is 0 Å². The number of Topliss-reactive ketones (excluding diaryl/α,β-unsaturated/α-hetero) is 1. The van der Waals surface area contributed by atoms with Gasteiger partial charge in [0.25, 0.3) is 5.91 Å². The van der Waals surface area contributed by atoms with Crippen molar-refractivity contribution in [3.05, 3.63) is 46.3 Å². The van der Waals surface area contributed by atoms with Crippen LogP contribution in [0.25, 0.3) is 5.69 Å². The summed E-state index contributed by atoms with van der Waals surface area (Å²) in [6, 6.07) is 5.64. The molecule has 1 aromatic heterocycles. The summed E-state index contributed by atoms with van der Waals surface area (Å²) in [5, 5.41) is 3.53. The molecular weight excluding hydrogens is 490 g/mol. The quantitative estimate of drug-likeness (QED) is 0.536. The van der Waals surface area contributed by atoms with Crippen LogP contribution in [0.15, 0.2) is 18.2 Å². The summed E-state index contributed by atoms with van der Waals surface area (Å²) in [7, 11) is 0. The van der Waals surface area contributed by atoms with Gasteiger partial charge in [0.15, 0.2) is 5.78 Å². The third-order valence-electron chi connectivity index (χ3n) is 9.30. The number of hydrogen-bond acceptors (Lipinski definition) is 5. The number of nitrogens with one attached hydrogen (secondary N) is 1. The first kappa shape index (κ1) is 27.4. The Balaban J connectivity index is 1.68. The molecule has 0 unspecified atom stereocenters. The van der Waals surface area contributed by atoms with E-state index >= 15 is 0 Å². The second-order valence-corrected chi connectivity index (χ2v) is 13.0. The maximum Gasteiger partial charge on any atom is 0.250 e. The van der Waals surface area contributed by atoms with Crippen LogP contribution < -0.4 is 16.8 Å². The van der Waals surface area contributed by atoms with Crippen molar-refractivity contribution in [3.63, 3.8) is 0 Å². The molecule has 8 heteroatoms. The van der Waals surface area contributed by atoms with Crippen LogP contribution in [0, 0.1) is 18.3 Å². The number of carbonyl (C=O) groups is 3. The highest BCUT2D eigenvalue weighted by Crippen LogP contribution is 2.41. The van der Waals surface area contributed by atoms with E-state index in [4.69, 9.17) is 11.5 Å². The Kier molecular flexibility index (Phi) is 6.90. The minimum atomic E-state index is -0.812. The number of nitrogens with two attached hydrogens (primary N) is 2. The Morgan fingerprint density at radius 1 is 1.08 bits per heavy atom.